The summed E-state index contributed by atoms with van der Waals surface area (Å²) in [5.41, 5.74) is 0.825. The summed E-state index contributed by atoms with van der Waals surface area (Å²) in [6, 6.07) is 5.59. The average Bonchev–Trinajstić information content (AvgIpc) is 3.15. The Balaban J connectivity index is 1.58. The number of hydrogen-bond acceptors (Lipinski definition) is 6. The van der Waals surface area contributed by atoms with Crippen molar-refractivity contribution in [3.63, 3.8) is 0 Å². The van der Waals surface area contributed by atoms with E-state index in [0.717, 1.165) is 37.6 Å². The standard InChI is InChI=1S/C14H15N3O4S/c22-14-17(8-16-3-5-18-6-4-16)15-13(21-14)10-1-2-11-12(7-10)20-9-19-11/h1-2,7H,3-6,8-9H2/p+1. The van der Waals surface area contributed by atoms with Crippen LogP contribution in [-0.2, 0) is 11.4 Å². The molecule has 1 N–H and O–H groups in total. The molecule has 0 radical (unpaired) electrons. The highest BCUT2D eigenvalue weighted by molar-refractivity contribution is 7.71. The topological polar surface area (TPSA) is 63.1 Å². The number of ether oxygens (including phenoxy) is 3. The van der Waals surface area contributed by atoms with E-state index in [0.29, 0.717) is 23.1 Å². The fourth-order valence-corrected chi connectivity index (χ4v) is 2.77. The smallest absolute Gasteiger partial charge is 0.292 e. The first-order valence-corrected chi connectivity index (χ1v) is 7.60. The van der Waals surface area contributed by atoms with E-state index >= 15 is 0 Å². The maximum atomic E-state index is 5.63. The zero-order valence-corrected chi connectivity index (χ0v) is 12.7. The summed E-state index contributed by atoms with van der Waals surface area (Å²) in [5, 5.41) is 4.49. The van der Waals surface area contributed by atoms with Crippen molar-refractivity contribution in [2.75, 3.05) is 33.1 Å². The highest BCUT2D eigenvalue weighted by Gasteiger charge is 2.19. The van der Waals surface area contributed by atoms with Crippen LogP contribution in [0.1, 0.15) is 0 Å². The monoisotopic (exact) mass is 322 g/mol. The second-order valence-corrected chi connectivity index (χ2v) is 5.61. The molecule has 1 aromatic heterocycles. The van der Waals surface area contributed by atoms with Gasteiger partial charge in [0.15, 0.2) is 18.2 Å². The summed E-state index contributed by atoms with van der Waals surface area (Å²) >= 11 is 5.27. The Bertz CT molecular complexity index is 736. The van der Waals surface area contributed by atoms with Gasteiger partial charge in [-0.15, -0.1) is 5.10 Å². The van der Waals surface area contributed by atoms with Gasteiger partial charge in [-0.3, -0.25) is 0 Å². The first-order valence-electron chi connectivity index (χ1n) is 7.19. The molecule has 0 atom stereocenters. The number of morpholine rings is 1. The Morgan fingerprint density at radius 2 is 2.00 bits per heavy atom. The van der Waals surface area contributed by atoms with Gasteiger partial charge in [-0.05, 0) is 30.4 Å². The second-order valence-electron chi connectivity index (χ2n) is 5.26. The van der Waals surface area contributed by atoms with Gasteiger partial charge >= 0.3 is 0 Å². The van der Waals surface area contributed by atoms with Crippen molar-refractivity contribution >= 4 is 12.2 Å². The van der Waals surface area contributed by atoms with Crippen molar-refractivity contribution in [2.45, 2.75) is 6.67 Å². The average molecular weight is 322 g/mol. The fraction of sp³-hybridized carbons (Fsp3) is 0.429. The van der Waals surface area contributed by atoms with Crippen LogP contribution in [0.2, 0.25) is 0 Å². The van der Waals surface area contributed by atoms with Gasteiger partial charge in [0.05, 0.1) is 13.2 Å². The van der Waals surface area contributed by atoms with Gasteiger partial charge in [-0.25, -0.2) is 0 Å². The van der Waals surface area contributed by atoms with Gasteiger partial charge in [-0.1, -0.05) is 0 Å². The number of benzene rings is 1. The molecular formula is C14H16N3O4S+. The molecule has 0 saturated carbocycles. The van der Waals surface area contributed by atoms with Crippen molar-refractivity contribution in [3.8, 4) is 23.0 Å². The van der Waals surface area contributed by atoms with Gasteiger partial charge in [0.2, 0.25) is 12.7 Å². The molecule has 0 bridgehead atoms. The highest BCUT2D eigenvalue weighted by atomic mass is 32.1. The third-order valence-electron chi connectivity index (χ3n) is 3.80. The number of nitrogens with zero attached hydrogens (tertiary/aromatic N) is 2. The predicted molar refractivity (Wildman–Crippen MR) is 78.4 cm³/mol. The summed E-state index contributed by atoms with van der Waals surface area (Å²) in [6.45, 7) is 4.39. The zero-order valence-electron chi connectivity index (χ0n) is 11.9. The molecule has 3 heterocycles. The maximum absolute atomic E-state index is 5.63. The summed E-state index contributed by atoms with van der Waals surface area (Å²) < 4.78 is 23.4. The van der Waals surface area contributed by atoms with Gasteiger partial charge < -0.3 is 23.5 Å². The molecule has 1 aromatic carbocycles. The molecule has 0 spiro atoms. The molecule has 2 aromatic rings. The van der Waals surface area contributed by atoms with E-state index in [1.807, 2.05) is 18.2 Å². The van der Waals surface area contributed by atoms with Gasteiger partial charge in [0, 0.05) is 5.56 Å². The van der Waals surface area contributed by atoms with Crippen LogP contribution in [0.3, 0.4) is 0 Å². The third kappa shape index (κ3) is 2.60. The zero-order chi connectivity index (χ0) is 14.9. The van der Waals surface area contributed by atoms with Crippen molar-refractivity contribution < 1.29 is 23.5 Å². The molecule has 22 heavy (non-hydrogen) atoms. The minimum Gasteiger partial charge on any atom is -0.454 e. The van der Waals surface area contributed by atoms with Crippen LogP contribution in [0.5, 0.6) is 11.5 Å². The minimum atomic E-state index is 0.247. The second kappa shape index (κ2) is 5.71. The number of aromatic nitrogens is 2. The van der Waals surface area contributed by atoms with Crippen LogP contribution in [0.25, 0.3) is 11.5 Å². The number of fused-ring (bicyclic) bond motifs is 1. The Hall–Kier alpha value is -1.90. The third-order valence-corrected chi connectivity index (χ3v) is 4.09. The molecule has 7 nitrogen and oxygen atoms in total. The lowest BCUT2D eigenvalue weighted by molar-refractivity contribution is -0.931. The van der Waals surface area contributed by atoms with Crippen LogP contribution in [0.15, 0.2) is 22.6 Å². The lowest BCUT2D eigenvalue weighted by Crippen LogP contribution is -3.13. The molecule has 4 rings (SSSR count). The quantitative estimate of drug-likeness (QED) is 0.829. The molecule has 116 valence electrons. The molecule has 1 saturated heterocycles. The number of nitrogens with one attached hydrogen (secondary N) is 1. The van der Waals surface area contributed by atoms with Crippen molar-refractivity contribution in [1.29, 1.82) is 0 Å². The van der Waals surface area contributed by atoms with Crippen LogP contribution in [-0.4, -0.2) is 42.9 Å². The van der Waals surface area contributed by atoms with Gasteiger partial charge in [-0.2, -0.15) is 4.68 Å². The Morgan fingerprint density at radius 3 is 2.86 bits per heavy atom. The normalized spacial score (nSPS) is 17.8. The number of quaternary nitrogens is 1. The first kappa shape index (κ1) is 13.7. The minimum absolute atomic E-state index is 0.247. The number of hydrogen-bond donors (Lipinski definition) is 1. The van der Waals surface area contributed by atoms with Crippen LogP contribution < -0.4 is 14.4 Å². The Labute approximate surface area is 132 Å². The van der Waals surface area contributed by atoms with Gasteiger partial charge in [0.25, 0.3) is 4.84 Å². The van der Waals surface area contributed by atoms with Crippen LogP contribution in [0.4, 0.5) is 0 Å². The number of rotatable bonds is 3. The molecule has 8 heteroatoms. The molecule has 1 fully saturated rings. The molecule has 0 aliphatic carbocycles. The SMILES string of the molecule is S=c1oc(-c2ccc3c(c2)OCO3)nn1C[NH+]1CCOCC1. The molecule has 2 aliphatic heterocycles. The van der Waals surface area contributed by atoms with Crippen LogP contribution >= 0.6 is 12.2 Å². The highest BCUT2D eigenvalue weighted by Crippen LogP contribution is 2.35. The first-order chi connectivity index (χ1) is 10.8. The van der Waals surface area contributed by atoms with Crippen molar-refractivity contribution in [2.24, 2.45) is 0 Å². The lowest BCUT2D eigenvalue weighted by Gasteiger charge is -2.22. The Morgan fingerprint density at radius 1 is 1.18 bits per heavy atom. The summed E-state index contributed by atoms with van der Waals surface area (Å²) in [7, 11) is 0. The molecular weight excluding hydrogens is 306 g/mol. The van der Waals surface area contributed by atoms with Gasteiger partial charge in [0.1, 0.15) is 13.1 Å². The van der Waals surface area contributed by atoms with E-state index < -0.39 is 0 Å². The fourth-order valence-electron chi connectivity index (χ4n) is 2.58. The lowest BCUT2D eigenvalue weighted by atomic mass is 10.2. The van der Waals surface area contributed by atoms with E-state index in [-0.39, 0.29) is 6.79 Å². The maximum Gasteiger partial charge on any atom is 0.292 e. The van der Waals surface area contributed by atoms with Crippen molar-refractivity contribution in [1.82, 2.24) is 9.78 Å². The summed E-state index contributed by atoms with van der Waals surface area (Å²) in [6.07, 6.45) is 0. The van der Waals surface area contributed by atoms with E-state index in [9.17, 15) is 0 Å². The van der Waals surface area contributed by atoms with E-state index in [1.165, 1.54) is 4.90 Å². The van der Waals surface area contributed by atoms with Crippen molar-refractivity contribution in [3.05, 3.63) is 23.0 Å². The predicted octanol–water partition coefficient (Wildman–Crippen LogP) is 0.474. The summed E-state index contributed by atoms with van der Waals surface area (Å²) in [5.74, 6) is 1.93. The summed E-state index contributed by atoms with van der Waals surface area (Å²) in [4.78, 5) is 1.76. The molecule has 2 aliphatic rings. The van der Waals surface area contributed by atoms with E-state index in [2.05, 4.69) is 5.10 Å². The molecule has 0 unspecified atom stereocenters. The van der Waals surface area contributed by atoms with E-state index in [1.54, 1.807) is 4.68 Å². The van der Waals surface area contributed by atoms with E-state index in [4.69, 9.17) is 30.8 Å². The molecule has 0 amide bonds. The Kier molecular flexibility index (Phi) is 3.57. The largest absolute Gasteiger partial charge is 0.454 e. The van der Waals surface area contributed by atoms with Crippen LogP contribution in [0, 0.1) is 4.84 Å².